The molecule has 1 heterocycles. The molecule has 0 spiro atoms. The summed E-state index contributed by atoms with van der Waals surface area (Å²) in [6, 6.07) is -0.579. The fraction of sp³-hybridized carbons (Fsp3) is 0.583. The van der Waals surface area contributed by atoms with E-state index in [1.54, 1.807) is 11.6 Å². The number of amides is 2. The molecule has 1 aromatic rings. The van der Waals surface area contributed by atoms with Gasteiger partial charge >= 0.3 is 0 Å². The van der Waals surface area contributed by atoms with Crippen LogP contribution in [0, 0.1) is 6.92 Å². The van der Waals surface area contributed by atoms with Crippen LogP contribution in [0.15, 0.2) is 6.20 Å². The Morgan fingerprint density at radius 1 is 1.53 bits per heavy atom. The molecule has 0 aliphatic carbocycles. The molecule has 7 heteroatoms. The first-order valence-corrected chi connectivity index (χ1v) is 6.26. The molecule has 0 radical (unpaired) electrons. The number of hydrogen-bond acceptors (Lipinski definition) is 4. The van der Waals surface area contributed by atoms with Crippen molar-refractivity contribution in [3.8, 4) is 0 Å². The van der Waals surface area contributed by atoms with E-state index in [-0.39, 0.29) is 11.8 Å². The van der Waals surface area contributed by atoms with Gasteiger partial charge < -0.3 is 16.4 Å². The molecule has 1 unspecified atom stereocenters. The molecule has 0 saturated heterocycles. The Balaban J connectivity index is 2.72. The molecular formula is C12H21N5O2. The summed E-state index contributed by atoms with van der Waals surface area (Å²) in [6.45, 7) is 4.71. The number of aromatic nitrogens is 2. The Bertz CT molecular complexity index is 455. The number of nitrogens with one attached hydrogen (secondary N) is 2. The van der Waals surface area contributed by atoms with Crippen LogP contribution in [0.4, 0.5) is 0 Å². The van der Waals surface area contributed by atoms with Crippen LogP contribution in [0.3, 0.4) is 0 Å². The summed E-state index contributed by atoms with van der Waals surface area (Å²) in [6.07, 6.45) is 2.32. The van der Waals surface area contributed by atoms with Crippen molar-refractivity contribution in [2.75, 3.05) is 13.6 Å². The largest absolute Gasteiger partial charge is 0.357 e. The van der Waals surface area contributed by atoms with Crippen molar-refractivity contribution >= 4 is 11.8 Å². The maximum Gasteiger partial charge on any atom is 0.255 e. The Morgan fingerprint density at radius 2 is 2.21 bits per heavy atom. The van der Waals surface area contributed by atoms with Crippen LogP contribution < -0.4 is 16.4 Å². The molecule has 0 saturated carbocycles. The van der Waals surface area contributed by atoms with Gasteiger partial charge in [0.1, 0.15) is 6.04 Å². The molecule has 1 rings (SSSR count). The summed E-state index contributed by atoms with van der Waals surface area (Å²) in [5.41, 5.74) is 6.70. The highest BCUT2D eigenvalue weighted by Crippen LogP contribution is 2.08. The molecule has 4 N–H and O–H groups in total. The normalized spacial score (nSPS) is 12.0. The van der Waals surface area contributed by atoms with E-state index in [0.717, 1.165) is 12.1 Å². The molecule has 2 amide bonds. The summed E-state index contributed by atoms with van der Waals surface area (Å²) >= 11 is 0. The second-order valence-electron chi connectivity index (χ2n) is 4.32. The number of hydrogen-bond donors (Lipinski definition) is 3. The van der Waals surface area contributed by atoms with Crippen molar-refractivity contribution in [3.63, 3.8) is 0 Å². The lowest BCUT2D eigenvalue weighted by Crippen LogP contribution is -2.43. The molecule has 0 aromatic carbocycles. The molecule has 19 heavy (non-hydrogen) atoms. The molecule has 0 aliphatic rings. The van der Waals surface area contributed by atoms with Gasteiger partial charge in [-0.1, -0.05) is 0 Å². The molecule has 1 aromatic heterocycles. The zero-order valence-electron chi connectivity index (χ0n) is 11.6. The minimum atomic E-state index is -0.579. The zero-order valence-corrected chi connectivity index (χ0v) is 11.6. The van der Waals surface area contributed by atoms with E-state index in [1.807, 2.05) is 6.92 Å². The van der Waals surface area contributed by atoms with Crippen LogP contribution in [0.2, 0.25) is 0 Å². The average Bonchev–Trinajstić information content (AvgIpc) is 2.76. The molecule has 0 aliphatic heterocycles. The Morgan fingerprint density at radius 3 is 2.79 bits per heavy atom. The van der Waals surface area contributed by atoms with Crippen molar-refractivity contribution in [2.24, 2.45) is 5.73 Å². The lowest BCUT2D eigenvalue weighted by Gasteiger charge is -2.12. The minimum absolute atomic E-state index is 0.235. The first-order chi connectivity index (χ1) is 9.01. The van der Waals surface area contributed by atoms with E-state index in [0.29, 0.717) is 18.7 Å². The second kappa shape index (κ2) is 6.89. The maximum atomic E-state index is 12.0. The number of aryl methyl sites for hydroxylation is 1. The van der Waals surface area contributed by atoms with Gasteiger partial charge in [-0.05, 0) is 26.8 Å². The number of carbonyl (C=O) groups excluding carboxylic acids is 2. The van der Waals surface area contributed by atoms with Gasteiger partial charge in [-0.25, -0.2) is 0 Å². The van der Waals surface area contributed by atoms with Crippen LogP contribution >= 0.6 is 0 Å². The van der Waals surface area contributed by atoms with E-state index in [9.17, 15) is 9.59 Å². The highest BCUT2D eigenvalue weighted by Gasteiger charge is 2.18. The molecule has 1 atom stereocenters. The number of likely N-dealkylation sites (N-methyl/N-ethyl adjacent to an activating group) is 1. The van der Waals surface area contributed by atoms with E-state index in [1.165, 1.54) is 13.2 Å². The number of carbonyl (C=O) groups is 2. The molecule has 0 bridgehead atoms. The molecular weight excluding hydrogens is 246 g/mol. The molecule has 0 fully saturated rings. The summed E-state index contributed by atoms with van der Waals surface area (Å²) in [4.78, 5) is 23.4. The topological polar surface area (TPSA) is 102 Å². The fourth-order valence-corrected chi connectivity index (χ4v) is 1.69. The van der Waals surface area contributed by atoms with Crippen LogP contribution in [0.5, 0.6) is 0 Å². The predicted octanol–water partition coefficient (Wildman–Crippen LogP) is -0.595. The van der Waals surface area contributed by atoms with Gasteiger partial charge in [0, 0.05) is 19.3 Å². The van der Waals surface area contributed by atoms with Crippen LogP contribution in [-0.2, 0) is 11.3 Å². The number of nitrogens with zero attached hydrogens (tertiary/aromatic N) is 2. The summed E-state index contributed by atoms with van der Waals surface area (Å²) in [5, 5.41) is 9.26. The van der Waals surface area contributed by atoms with Crippen molar-refractivity contribution in [2.45, 2.75) is 32.9 Å². The van der Waals surface area contributed by atoms with Crippen LogP contribution in [0.1, 0.15) is 29.4 Å². The van der Waals surface area contributed by atoms with Crippen molar-refractivity contribution in [1.82, 2.24) is 20.4 Å². The van der Waals surface area contributed by atoms with Gasteiger partial charge in [0.05, 0.1) is 11.8 Å². The quantitative estimate of drug-likeness (QED) is 0.640. The van der Waals surface area contributed by atoms with Gasteiger partial charge in [0.25, 0.3) is 5.91 Å². The monoisotopic (exact) mass is 267 g/mol. The number of nitrogens with two attached hydrogens (primary N) is 1. The fourth-order valence-electron chi connectivity index (χ4n) is 1.69. The van der Waals surface area contributed by atoms with Gasteiger partial charge in [-0.3, -0.25) is 14.3 Å². The van der Waals surface area contributed by atoms with Gasteiger partial charge in [-0.2, -0.15) is 5.10 Å². The highest BCUT2D eigenvalue weighted by atomic mass is 16.2. The third kappa shape index (κ3) is 3.78. The minimum Gasteiger partial charge on any atom is -0.357 e. The van der Waals surface area contributed by atoms with Crippen molar-refractivity contribution in [3.05, 3.63) is 17.5 Å². The summed E-state index contributed by atoms with van der Waals surface area (Å²) < 4.78 is 1.74. The predicted molar refractivity (Wildman–Crippen MR) is 71.6 cm³/mol. The van der Waals surface area contributed by atoms with Crippen LogP contribution in [0.25, 0.3) is 0 Å². The Kier molecular flexibility index (Phi) is 5.50. The first kappa shape index (κ1) is 15.2. The average molecular weight is 267 g/mol. The zero-order chi connectivity index (χ0) is 14.4. The Hall–Kier alpha value is -1.89. The second-order valence-corrected chi connectivity index (χ2v) is 4.32. The Labute approximate surface area is 112 Å². The third-order valence-electron chi connectivity index (χ3n) is 2.91. The van der Waals surface area contributed by atoms with Gasteiger partial charge in [-0.15, -0.1) is 0 Å². The smallest absolute Gasteiger partial charge is 0.255 e. The van der Waals surface area contributed by atoms with E-state index < -0.39 is 6.04 Å². The van der Waals surface area contributed by atoms with Crippen molar-refractivity contribution < 1.29 is 9.59 Å². The lowest BCUT2D eigenvalue weighted by molar-refractivity contribution is -0.122. The number of rotatable bonds is 6. The van der Waals surface area contributed by atoms with Crippen LogP contribution in [-0.4, -0.2) is 41.2 Å². The molecule has 7 nitrogen and oxygen atoms in total. The lowest BCUT2D eigenvalue weighted by atomic mass is 10.2. The highest BCUT2D eigenvalue weighted by molar-refractivity contribution is 5.98. The van der Waals surface area contributed by atoms with E-state index in [4.69, 9.17) is 5.73 Å². The van der Waals surface area contributed by atoms with Gasteiger partial charge in [0.2, 0.25) is 5.91 Å². The first-order valence-electron chi connectivity index (χ1n) is 6.26. The SMILES string of the molecule is CNC(=O)C(C)NC(=O)c1cnn(CCCN)c1C. The van der Waals surface area contributed by atoms with E-state index >= 15 is 0 Å². The third-order valence-corrected chi connectivity index (χ3v) is 2.91. The molecule has 106 valence electrons. The van der Waals surface area contributed by atoms with E-state index in [2.05, 4.69) is 15.7 Å². The van der Waals surface area contributed by atoms with Crippen molar-refractivity contribution in [1.29, 1.82) is 0 Å². The summed E-state index contributed by atoms with van der Waals surface area (Å²) in [5.74, 6) is -0.533. The standard InChI is InChI=1S/C12H21N5O2/c1-8(11(18)14-3)16-12(19)10-7-15-17(9(10)2)6-4-5-13/h7-8H,4-6,13H2,1-3H3,(H,14,18)(H,16,19). The maximum absolute atomic E-state index is 12.0. The van der Waals surface area contributed by atoms with Gasteiger partial charge in [0.15, 0.2) is 0 Å². The summed E-state index contributed by atoms with van der Waals surface area (Å²) in [7, 11) is 1.53.